The molecule has 0 spiro atoms. The summed E-state index contributed by atoms with van der Waals surface area (Å²) in [6.45, 7) is 3.22. The number of carbonyl (C=O) groups excluding carboxylic acids is 1. The molecule has 0 saturated carbocycles. The standard InChI is InChI=1S/C16H24N2O/c1-17(2)15-8-6-7-14(13-15)16(19)9-12-18-10-4-3-5-11-18/h6-8,13H,3-5,9-12H2,1-2H3. The van der Waals surface area contributed by atoms with Gasteiger partial charge in [-0.1, -0.05) is 18.6 Å². The molecule has 3 heteroatoms. The summed E-state index contributed by atoms with van der Waals surface area (Å²) in [6, 6.07) is 7.90. The monoisotopic (exact) mass is 260 g/mol. The summed E-state index contributed by atoms with van der Waals surface area (Å²) >= 11 is 0. The molecule has 19 heavy (non-hydrogen) atoms. The molecule has 0 aromatic heterocycles. The van der Waals surface area contributed by atoms with Gasteiger partial charge in [-0.25, -0.2) is 0 Å². The summed E-state index contributed by atoms with van der Waals surface area (Å²) in [4.78, 5) is 16.7. The van der Waals surface area contributed by atoms with Crippen LogP contribution in [-0.2, 0) is 0 Å². The fourth-order valence-electron chi connectivity index (χ4n) is 2.54. The van der Waals surface area contributed by atoms with Gasteiger partial charge in [0.2, 0.25) is 0 Å². The van der Waals surface area contributed by atoms with Gasteiger partial charge in [0.25, 0.3) is 0 Å². The third kappa shape index (κ3) is 4.06. The van der Waals surface area contributed by atoms with Crippen LogP contribution in [0.2, 0.25) is 0 Å². The number of nitrogens with zero attached hydrogens (tertiary/aromatic N) is 2. The number of Topliss-reactive ketones (excluding diaryl/α,β-unsaturated/α-hetero) is 1. The van der Waals surface area contributed by atoms with Crippen molar-refractivity contribution in [1.29, 1.82) is 0 Å². The molecule has 1 fully saturated rings. The number of ketones is 1. The molecule has 1 aromatic carbocycles. The Bertz CT molecular complexity index is 423. The van der Waals surface area contributed by atoms with Gasteiger partial charge in [0.05, 0.1) is 0 Å². The Kier molecular flexibility index (Phi) is 4.97. The molecule has 0 radical (unpaired) electrons. The zero-order valence-corrected chi connectivity index (χ0v) is 12.1. The van der Waals surface area contributed by atoms with Crippen molar-refractivity contribution in [2.75, 3.05) is 38.6 Å². The summed E-state index contributed by atoms with van der Waals surface area (Å²) < 4.78 is 0. The number of likely N-dealkylation sites (tertiary alicyclic amines) is 1. The van der Waals surface area contributed by atoms with E-state index in [-0.39, 0.29) is 5.78 Å². The van der Waals surface area contributed by atoms with Crippen molar-refractivity contribution in [1.82, 2.24) is 4.90 Å². The molecule has 0 unspecified atom stereocenters. The normalized spacial score (nSPS) is 16.3. The third-order valence-corrected chi connectivity index (χ3v) is 3.79. The Morgan fingerprint density at radius 2 is 1.95 bits per heavy atom. The van der Waals surface area contributed by atoms with Gasteiger partial charge in [-0.2, -0.15) is 0 Å². The van der Waals surface area contributed by atoms with Gasteiger partial charge in [0.15, 0.2) is 5.78 Å². The maximum Gasteiger partial charge on any atom is 0.164 e. The Labute approximate surface area is 116 Å². The molecule has 3 nitrogen and oxygen atoms in total. The van der Waals surface area contributed by atoms with E-state index in [1.165, 1.54) is 19.3 Å². The molecule has 1 saturated heterocycles. The number of anilines is 1. The van der Waals surface area contributed by atoms with Crippen LogP contribution in [0.1, 0.15) is 36.0 Å². The van der Waals surface area contributed by atoms with E-state index in [4.69, 9.17) is 0 Å². The fourth-order valence-corrected chi connectivity index (χ4v) is 2.54. The first-order valence-electron chi connectivity index (χ1n) is 7.20. The van der Waals surface area contributed by atoms with Crippen LogP contribution in [-0.4, -0.2) is 44.4 Å². The van der Waals surface area contributed by atoms with E-state index >= 15 is 0 Å². The molecule has 104 valence electrons. The number of carbonyl (C=O) groups is 1. The van der Waals surface area contributed by atoms with Crippen LogP contribution in [0.25, 0.3) is 0 Å². The van der Waals surface area contributed by atoms with Crippen molar-refractivity contribution in [3.63, 3.8) is 0 Å². The van der Waals surface area contributed by atoms with E-state index in [1.807, 2.05) is 43.3 Å². The first-order chi connectivity index (χ1) is 9.16. The van der Waals surface area contributed by atoms with Crippen LogP contribution in [0.15, 0.2) is 24.3 Å². The van der Waals surface area contributed by atoms with Crippen LogP contribution in [0, 0.1) is 0 Å². The van der Waals surface area contributed by atoms with Crippen molar-refractivity contribution >= 4 is 11.5 Å². The second-order valence-corrected chi connectivity index (χ2v) is 5.52. The van der Waals surface area contributed by atoms with Gasteiger partial charge >= 0.3 is 0 Å². The van der Waals surface area contributed by atoms with E-state index in [0.29, 0.717) is 6.42 Å². The van der Waals surface area contributed by atoms with Gasteiger partial charge in [0, 0.05) is 38.3 Å². The minimum Gasteiger partial charge on any atom is -0.378 e. The molecule has 1 aliphatic rings. The highest BCUT2D eigenvalue weighted by atomic mass is 16.1. The van der Waals surface area contributed by atoms with Crippen molar-refractivity contribution in [3.05, 3.63) is 29.8 Å². The maximum absolute atomic E-state index is 12.2. The lowest BCUT2D eigenvalue weighted by Crippen LogP contribution is -2.31. The van der Waals surface area contributed by atoms with Crippen LogP contribution in [0.4, 0.5) is 5.69 Å². The van der Waals surface area contributed by atoms with E-state index in [9.17, 15) is 4.79 Å². The fraction of sp³-hybridized carbons (Fsp3) is 0.562. The maximum atomic E-state index is 12.2. The summed E-state index contributed by atoms with van der Waals surface area (Å²) in [6.07, 6.45) is 4.54. The number of rotatable bonds is 5. The van der Waals surface area contributed by atoms with Gasteiger partial charge < -0.3 is 9.80 Å². The van der Waals surface area contributed by atoms with Crippen molar-refractivity contribution < 1.29 is 4.79 Å². The lowest BCUT2D eigenvalue weighted by Gasteiger charge is -2.26. The Hall–Kier alpha value is -1.35. The first kappa shape index (κ1) is 14.1. The number of hydrogen-bond donors (Lipinski definition) is 0. The van der Waals surface area contributed by atoms with Crippen LogP contribution >= 0.6 is 0 Å². The molecule has 1 aromatic rings. The number of benzene rings is 1. The zero-order chi connectivity index (χ0) is 13.7. The van der Waals surface area contributed by atoms with Crippen molar-refractivity contribution in [2.45, 2.75) is 25.7 Å². The molecule has 0 N–H and O–H groups in total. The second kappa shape index (κ2) is 6.71. The van der Waals surface area contributed by atoms with Crippen LogP contribution in [0.5, 0.6) is 0 Å². The average Bonchev–Trinajstić information content (AvgIpc) is 2.46. The van der Waals surface area contributed by atoms with Gasteiger partial charge in [-0.05, 0) is 38.1 Å². The lowest BCUT2D eigenvalue weighted by molar-refractivity contribution is 0.0958. The minimum absolute atomic E-state index is 0.259. The van der Waals surface area contributed by atoms with Gasteiger partial charge in [-0.15, -0.1) is 0 Å². The molecular formula is C16H24N2O. The molecule has 0 atom stereocenters. The van der Waals surface area contributed by atoms with E-state index in [0.717, 1.165) is 30.9 Å². The largest absolute Gasteiger partial charge is 0.378 e. The number of hydrogen-bond acceptors (Lipinski definition) is 3. The molecule has 2 rings (SSSR count). The highest BCUT2D eigenvalue weighted by Crippen LogP contribution is 2.15. The average molecular weight is 260 g/mol. The van der Waals surface area contributed by atoms with Gasteiger partial charge in [-0.3, -0.25) is 4.79 Å². The zero-order valence-electron chi connectivity index (χ0n) is 12.1. The quantitative estimate of drug-likeness (QED) is 0.761. The van der Waals surface area contributed by atoms with E-state index < -0.39 is 0 Å². The van der Waals surface area contributed by atoms with Crippen LogP contribution < -0.4 is 4.90 Å². The van der Waals surface area contributed by atoms with Crippen LogP contribution in [0.3, 0.4) is 0 Å². The molecule has 0 amide bonds. The lowest BCUT2D eigenvalue weighted by atomic mass is 10.1. The predicted molar refractivity (Wildman–Crippen MR) is 80.0 cm³/mol. The Balaban J connectivity index is 1.90. The molecule has 0 aliphatic carbocycles. The Morgan fingerprint density at radius 3 is 2.63 bits per heavy atom. The summed E-state index contributed by atoms with van der Waals surface area (Å²) in [5.41, 5.74) is 1.92. The first-order valence-corrected chi connectivity index (χ1v) is 7.20. The second-order valence-electron chi connectivity index (χ2n) is 5.52. The Morgan fingerprint density at radius 1 is 1.21 bits per heavy atom. The van der Waals surface area contributed by atoms with E-state index in [2.05, 4.69) is 4.90 Å². The highest BCUT2D eigenvalue weighted by molar-refractivity contribution is 5.97. The smallest absolute Gasteiger partial charge is 0.164 e. The van der Waals surface area contributed by atoms with Crippen molar-refractivity contribution in [2.24, 2.45) is 0 Å². The van der Waals surface area contributed by atoms with Crippen molar-refractivity contribution in [3.8, 4) is 0 Å². The molecule has 0 bridgehead atoms. The van der Waals surface area contributed by atoms with Gasteiger partial charge in [0.1, 0.15) is 0 Å². The summed E-state index contributed by atoms with van der Waals surface area (Å²) in [7, 11) is 3.99. The molecule has 1 aliphatic heterocycles. The SMILES string of the molecule is CN(C)c1cccc(C(=O)CCN2CCCCC2)c1. The highest BCUT2D eigenvalue weighted by Gasteiger charge is 2.13. The number of piperidine rings is 1. The van der Waals surface area contributed by atoms with E-state index in [1.54, 1.807) is 0 Å². The molecular weight excluding hydrogens is 236 g/mol. The summed E-state index contributed by atoms with van der Waals surface area (Å²) in [5.74, 6) is 0.259. The predicted octanol–water partition coefficient (Wildman–Crippen LogP) is 2.81. The molecule has 1 heterocycles. The minimum atomic E-state index is 0.259. The summed E-state index contributed by atoms with van der Waals surface area (Å²) in [5, 5.41) is 0. The third-order valence-electron chi connectivity index (χ3n) is 3.79. The topological polar surface area (TPSA) is 23.6 Å².